The van der Waals surface area contributed by atoms with Gasteiger partial charge in [-0.05, 0) is 12.1 Å². The van der Waals surface area contributed by atoms with E-state index in [-0.39, 0.29) is 36.1 Å². The fraction of sp³-hybridized carbons (Fsp3) is 0.188. The molecule has 2 aliphatic rings. The zero-order chi connectivity index (χ0) is 19.2. The maximum Gasteiger partial charge on any atom is 0.270 e. The maximum absolute atomic E-state index is 12.7. The summed E-state index contributed by atoms with van der Waals surface area (Å²) in [6, 6.07) is 8.41. The summed E-state index contributed by atoms with van der Waals surface area (Å²) in [5, 5.41) is 12.1. The van der Waals surface area contributed by atoms with Crippen molar-refractivity contribution >= 4 is 21.6 Å². The molecule has 140 valence electrons. The molecule has 0 radical (unpaired) electrons. The number of amides is 1. The Morgan fingerprint density at radius 2 is 2.04 bits per heavy atom. The second kappa shape index (κ2) is 6.30. The first-order valence-corrected chi connectivity index (χ1v) is 9.29. The van der Waals surface area contributed by atoms with Crippen LogP contribution < -0.4 is 9.57 Å². The number of nitro groups is 1. The molecule has 0 unspecified atom stereocenters. The van der Waals surface area contributed by atoms with Crippen molar-refractivity contribution in [2.24, 2.45) is 0 Å². The van der Waals surface area contributed by atoms with Crippen molar-refractivity contribution in [3.63, 3.8) is 0 Å². The standard InChI is InChI=1S/C16H13N3O7S/c20-16-13-3-1-2-4-14(13)27(23,24)17-18(16)7-10-5-12(19(21)22)6-11-8-25-9-26-15(10)11/h1-6,17H,7-9H2. The minimum Gasteiger partial charge on any atom is -0.467 e. The summed E-state index contributed by atoms with van der Waals surface area (Å²) in [6.45, 7) is -0.163. The quantitative estimate of drug-likeness (QED) is 0.617. The molecule has 0 saturated carbocycles. The summed E-state index contributed by atoms with van der Waals surface area (Å²) in [4.78, 5) is 25.4. The molecular weight excluding hydrogens is 378 g/mol. The third kappa shape index (κ3) is 3.01. The third-order valence-electron chi connectivity index (χ3n) is 4.19. The molecule has 11 heteroatoms. The van der Waals surface area contributed by atoms with Crippen molar-refractivity contribution < 1.29 is 27.6 Å². The van der Waals surface area contributed by atoms with E-state index in [1.165, 1.54) is 30.3 Å². The minimum absolute atomic E-state index is 0.0276. The Labute approximate surface area is 153 Å². The van der Waals surface area contributed by atoms with Gasteiger partial charge >= 0.3 is 0 Å². The van der Waals surface area contributed by atoms with Gasteiger partial charge in [-0.3, -0.25) is 19.9 Å². The highest BCUT2D eigenvalue weighted by Gasteiger charge is 2.35. The molecule has 2 aromatic carbocycles. The van der Waals surface area contributed by atoms with Crippen molar-refractivity contribution in [2.75, 3.05) is 6.79 Å². The Morgan fingerprint density at radius 3 is 2.81 bits per heavy atom. The Bertz CT molecular complexity index is 1070. The van der Waals surface area contributed by atoms with Crippen LogP contribution in [0, 0.1) is 10.1 Å². The zero-order valence-corrected chi connectivity index (χ0v) is 14.6. The molecule has 0 aliphatic carbocycles. The van der Waals surface area contributed by atoms with Crippen LogP contribution >= 0.6 is 0 Å². The Balaban J connectivity index is 1.76. The molecule has 0 spiro atoms. The van der Waals surface area contributed by atoms with Crippen LogP contribution in [0.15, 0.2) is 41.3 Å². The van der Waals surface area contributed by atoms with Crippen LogP contribution in [0.1, 0.15) is 21.5 Å². The van der Waals surface area contributed by atoms with Crippen molar-refractivity contribution in [3.05, 3.63) is 63.2 Å². The van der Waals surface area contributed by atoms with Gasteiger partial charge in [0, 0.05) is 23.3 Å². The average Bonchev–Trinajstić information content (AvgIpc) is 2.65. The number of carbonyl (C=O) groups is 1. The van der Waals surface area contributed by atoms with Crippen molar-refractivity contribution in [1.29, 1.82) is 0 Å². The first-order chi connectivity index (χ1) is 12.9. The van der Waals surface area contributed by atoms with Crippen molar-refractivity contribution in [2.45, 2.75) is 18.0 Å². The maximum atomic E-state index is 12.7. The van der Waals surface area contributed by atoms with Gasteiger partial charge in [-0.1, -0.05) is 12.1 Å². The van der Waals surface area contributed by atoms with Crippen LogP contribution in [0.25, 0.3) is 0 Å². The van der Waals surface area contributed by atoms with E-state index in [9.17, 15) is 23.3 Å². The molecular formula is C16H13N3O7S. The van der Waals surface area contributed by atoms with Crippen molar-refractivity contribution in [3.8, 4) is 5.75 Å². The fourth-order valence-electron chi connectivity index (χ4n) is 3.04. The number of hydrazine groups is 1. The van der Waals surface area contributed by atoms with E-state index in [0.29, 0.717) is 16.9 Å². The molecule has 0 atom stereocenters. The summed E-state index contributed by atoms with van der Waals surface area (Å²) < 4.78 is 35.4. The molecule has 0 fully saturated rings. The normalized spacial score (nSPS) is 17.6. The van der Waals surface area contributed by atoms with Crippen LogP contribution in [-0.4, -0.2) is 31.1 Å². The van der Waals surface area contributed by atoms with Gasteiger partial charge in [0.1, 0.15) is 5.75 Å². The van der Waals surface area contributed by atoms with Gasteiger partial charge in [0.05, 0.1) is 28.5 Å². The largest absolute Gasteiger partial charge is 0.467 e. The van der Waals surface area contributed by atoms with Crippen molar-refractivity contribution in [1.82, 2.24) is 9.84 Å². The predicted octanol–water partition coefficient (Wildman–Crippen LogP) is 1.31. The first kappa shape index (κ1) is 17.4. The molecule has 10 nitrogen and oxygen atoms in total. The number of fused-ring (bicyclic) bond motifs is 2. The number of nitro benzene ring substituents is 1. The lowest BCUT2D eigenvalue weighted by molar-refractivity contribution is -0.385. The number of sulfonamides is 1. The third-order valence-corrected chi connectivity index (χ3v) is 5.59. The second-order valence-electron chi connectivity index (χ2n) is 5.94. The highest BCUT2D eigenvalue weighted by Crippen LogP contribution is 2.34. The van der Waals surface area contributed by atoms with Gasteiger partial charge in [0.25, 0.3) is 21.6 Å². The van der Waals surface area contributed by atoms with Gasteiger partial charge in [-0.15, -0.1) is 4.83 Å². The molecule has 0 aromatic heterocycles. The Hall–Kier alpha value is -3.02. The lowest BCUT2D eigenvalue weighted by atomic mass is 10.1. The van der Waals surface area contributed by atoms with Gasteiger partial charge in [-0.25, -0.2) is 8.42 Å². The van der Waals surface area contributed by atoms with E-state index in [2.05, 4.69) is 4.83 Å². The molecule has 2 aliphatic heterocycles. The number of benzene rings is 2. The predicted molar refractivity (Wildman–Crippen MR) is 90.0 cm³/mol. The summed E-state index contributed by atoms with van der Waals surface area (Å²) in [7, 11) is -3.94. The lowest BCUT2D eigenvalue weighted by Gasteiger charge is -2.30. The number of nitrogens with one attached hydrogen (secondary N) is 1. The molecule has 4 rings (SSSR count). The number of ether oxygens (including phenoxy) is 2. The minimum atomic E-state index is -3.94. The first-order valence-electron chi connectivity index (χ1n) is 7.81. The van der Waals surface area contributed by atoms with E-state index in [0.717, 1.165) is 5.01 Å². The Morgan fingerprint density at radius 1 is 1.26 bits per heavy atom. The van der Waals surface area contributed by atoms with Gasteiger partial charge < -0.3 is 9.47 Å². The number of non-ortho nitro benzene ring substituents is 1. The van der Waals surface area contributed by atoms with Gasteiger partial charge in [-0.2, -0.15) is 0 Å². The summed E-state index contributed by atoms with van der Waals surface area (Å²) in [6.07, 6.45) is 0. The van der Waals surface area contributed by atoms with Crippen LogP contribution in [0.4, 0.5) is 5.69 Å². The highest BCUT2D eigenvalue weighted by molar-refractivity contribution is 7.89. The molecule has 2 aromatic rings. The molecule has 0 bridgehead atoms. The van der Waals surface area contributed by atoms with Crippen LogP contribution in [0.3, 0.4) is 0 Å². The van der Waals surface area contributed by atoms with E-state index >= 15 is 0 Å². The smallest absolute Gasteiger partial charge is 0.270 e. The lowest BCUT2D eigenvalue weighted by Crippen LogP contribution is -2.49. The molecule has 1 amide bonds. The van der Waals surface area contributed by atoms with Crippen LogP contribution in [-0.2, 0) is 27.9 Å². The number of hydrogen-bond acceptors (Lipinski definition) is 7. The number of nitrogens with zero attached hydrogens (tertiary/aromatic N) is 2. The topological polar surface area (TPSA) is 128 Å². The van der Waals surface area contributed by atoms with E-state index in [1.807, 2.05) is 0 Å². The average molecular weight is 391 g/mol. The van der Waals surface area contributed by atoms with E-state index < -0.39 is 20.9 Å². The van der Waals surface area contributed by atoms with E-state index in [1.54, 1.807) is 6.07 Å². The van der Waals surface area contributed by atoms with Crippen LogP contribution in [0.2, 0.25) is 0 Å². The number of rotatable bonds is 3. The second-order valence-corrected chi connectivity index (χ2v) is 7.57. The van der Waals surface area contributed by atoms with Gasteiger partial charge in [0.15, 0.2) is 6.79 Å². The zero-order valence-electron chi connectivity index (χ0n) is 13.7. The SMILES string of the molecule is O=C1c2ccccc2S(=O)(=O)NN1Cc1cc([N+](=O)[O-])cc2c1OCOC2. The Kier molecular flexibility index (Phi) is 4.06. The van der Waals surface area contributed by atoms with Crippen LogP contribution in [0.5, 0.6) is 5.75 Å². The molecule has 0 saturated heterocycles. The fourth-order valence-corrected chi connectivity index (χ4v) is 4.28. The van der Waals surface area contributed by atoms with Gasteiger partial charge in [0.2, 0.25) is 0 Å². The van der Waals surface area contributed by atoms with E-state index in [4.69, 9.17) is 9.47 Å². The number of hydrogen-bond donors (Lipinski definition) is 1. The molecule has 27 heavy (non-hydrogen) atoms. The summed E-state index contributed by atoms with van der Waals surface area (Å²) in [5.74, 6) is -0.217. The summed E-state index contributed by atoms with van der Waals surface area (Å²) in [5.41, 5.74) is 0.585. The number of carbonyl (C=O) groups excluding carboxylic acids is 1. The molecule has 2 heterocycles. The summed E-state index contributed by atoms with van der Waals surface area (Å²) >= 11 is 0. The molecule has 1 N–H and O–H groups in total. The highest BCUT2D eigenvalue weighted by atomic mass is 32.2. The monoisotopic (exact) mass is 391 g/mol.